The minimum absolute atomic E-state index is 0.677. The van der Waals surface area contributed by atoms with Crippen molar-refractivity contribution in [2.45, 2.75) is 31.8 Å². The molecule has 0 aromatic heterocycles. The van der Waals surface area contributed by atoms with Crippen LogP contribution in [0.5, 0.6) is 0 Å². The van der Waals surface area contributed by atoms with Crippen LogP contribution in [-0.2, 0) is 0 Å². The normalized spacial score (nSPS) is 39.4. The maximum Gasteiger partial charge on any atom is 0.0376 e. The van der Waals surface area contributed by atoms with Gasteiger partial charge in [-0.05, 0) is 33.0 Å². The van der Waals surface area contributed by atoms with Gasteiger partial charge in [-0.25, -0.2) is 0 Å². The molecular weight excluding hydrogens is 174 g/mol. The van der Waals surface area contributed by atoms with Gasteiger partial charge in [0.15, 0.2) is 0 Å². The molecule has 3 aliphatic rings. The molecule has 0 radical (unpaired) electrons. The number of rotatable bonds is 3. The van der Waals surface area contributed by atoms with Gasteiger partial charge >= 0.3 is 0 Å². The third kappa shape index (κ3) is 1.95. The van der Waals surface area contributed by atoms with E-state index < -0.39 is 0 Å². The molecule has 0 aromatic carbocycles. The Morgan fingerprint density at radius 1 is 1.29 bits per heavy atom. The van der Waals surface area contributed by atoms with E-state index in [2.05, 4.69) is 29.1 Å². The first kappa shape index (κ1) is 10.4. The highest BCUT2D eigenvalue weighted by Gasteiger charge is 2.33. The third-order valence-corrected chi connectivity index (χ3v) is 3.81. The van der Waals surface area contributed by atoms with Crippen LogP contribution in [0.4, 0.5) is 0 Å². The predicted octanol–water partition coefficient (Wildman–Crippen LogP) is 0.374. The second-order valence-electron chi connectivity index (χ2n) is 4.56. The second-order valence-corrected chi connectivity index (χ2v) is 4.56. The summed E-state index contributed by atoms with van der Waals surface area (Å²) >= 11 is 0. The summed E-state index contributed by atoms with van der Waals surface area (Å²) in [5.74, 6) is 0. The van der Waals surface area contributed by atoms with Gasteiger partial charge in [0.2, 0.25) is 0 Å². The Balaban J connectivity index is 2.04. The lowest BCUT2D eigenvalue weighted by molar-refractivity contribution is 0.0879. The van der Waals surface area contributed by atoms with Crippen LogP contribution in [0.25, 0.3) is 0 Å². The summed E-state index contributed by atoms with van der Waals surface area (Å²) in [7, 11) is 2.10. The van der Waals surface area contributed by atoms with E-state index in [0.717, 1.165) is 6.04 Å². The van der Waals surface area contributed by atoms with Gasteiger partial charge in [-0.3, -0.25) is 4.90 Å². The first-order chi connectivity index (χ1) is 6.85. The molecule has 14 heavy (non-hydrogen) atoms. The largest absolute Gasteiger partial charge is 0.315 e. The van der Waals surface area contributed by atoms with Crippen LogP contribution < -0.4 is 5.32 Å². The lowest BCUT2D eigenvalue weighted by Gasteiger charge is -2.41. The van der Waals surface area contributed by atoms with Gasteiger partial charge in [0.1, 0.15) is 0 Å². The summed E-state index contributed by atoms with van der Waals surface area (Å²) in [6.07, 6.45) is 2.60. The van der Waals surface area contributed by atoms with Crippen LogP contribution in [0, 0.1) is 0 Å². The summed E-state index contributed by atoms with van der Waals surface area (Å²) in [6.45, 7) is 8.75. The zero-order valence-electron chi connectivity index (χ0n) is 9.50. The fraction of sp³-hybridized carbons (Fsp3) is 1.00. The molecule has 82 valence electrons. The summed E-state index contributed by atoms with van der Waals surface area (Å²) in [4.78, 5) is 5.32. The Hall–Kier alpha value is -0.120. The van der Waals surface area contributed by atoms with Gasteiger partial charge in [-0.1, -0.05) is 6.92 Å². The maximum absolute atomic E-state index is 3.47. The smallest absolute Gasteiger partial charge is 0.0376 e. The van der Waals surface area contributed by atoms with E-state index in [1.165, 1.54) is 45.6 Å². The molecule has 1 N–H and O–H groups in total. The number of fused-ring (bicyclic) bond motifs is 4. The molecule has 0 amide bonds. The Morgan fingerprint density at radius 3 is 2.86 bits per heavy atom. The SMILES string of the molecule is CCC(NC)C1CN2CCCN1CC2. The van der Waals surface area contributed by atoms with E-state index in [0.29, 0.717) is 6.04 Å². The molecule has 2 bridgehead atoms. The highest BCUT2D eigenvalue weighted by molar-refractivity contribution is 4.92. The number of piperazine rings is 1. The lowest BCUT2D eigenvalue weighted by Crippen LogP contribution is -2.58. The van der Waals surface area contributed by atoms with Crippen molar-refractivity contribution in [3.63, 3.8) is 0 Å². The molecule has 0 saturated carbocycles. The zero-order chi connectivity index (χ0) is 9.97. The summed E-state index contributed by atoms with van der Waals surface area (Å²) < 4.78 is 0. The number of hydrogen-bond acceptors (Lipinski definition) is 3. The van der Waals surface area contributed by atoms with Gasteiger partial charge in [0.05, 0.1) is 0 Å². The predicted molar refractivity (Wildman–Crippen MR) is 59.6 cm³/mol. The van der Waals surface area contributed by atoms with Gasteiger partial charge in [-0.2, -0.15) is 0 Å². The molecule has 3 saturated heterocycles. The zero-order valence-corrected chi connectivity index (χ0v) is 9.50. The van der Waals surface area contributed by atoms with E-state index >= 15 is 0 Å². The van der Waals surface area contributed by atoms with Crippen LogP contribution in [-0.4, -0.2) is 61.7 Å². The van der Waals surface area contributed by atoms with Crippen molar-refractivity contribution in [1.82, 2.24) is 15.1 Å². The second kappa shape index (κ2) is 4.60. The fourth-order valence-corrected chi connectivity index (χ4v) is 2.94. The standard InChI is InChI=1S/C11H23N3/c1-3-10(12-2)11-9-13-5-4-6-14(11)8-7-13/h10-12H,3-9H2,1-2H3. The van der Waals surface area contributed by atoms with E-state index in [9.17, 15) is 0 Å². The molecule has 3 heteroatoms. The molecule has 3 heterocycles. The number of likely N-dealkylation sites (N-methyl/N-ethyl adjacent to an activating group) is 1. The average Bonchev–Trinajstić information content (AvgIpc) is 2.54. The summed E-state index contributed by atoms with van der Waals surface area (Å²) in [6, 6.07) is 1.43. The van der Waals surface area contributed by atoms with Crippen LogP contribution in [0.2, 0.25) is 0 Å². The minimum atomic E-state index is 0.677. The van der Waals surface area contributed by atoms with Crippen molar-refractivity contribution in [1.29, 1.82) is 0 Å². The van der Waals surface area contributed by atoms with Crippen LogP contribution in [0.15, 0.2) is 0 Å². The molecule has 0 aromatic rings. The maximum atomic E-state index is 3.47. The highest BCUT2D eigenvalue weighted by Crippen LogP contribution is 2.19. The number of hydrogen-bond donors (Lipinski definition) is 1. The van der Waals surface area contributed by atoms with Crippen molar-refractivity contribution >= 4 is 0 Å². The number of nitrogens with one attached hydrogen (secondary N) is 1. The third-order valence-electron chi connectivity index (χ3n) is 3.81. The van der Waals surface area contributed by atoms with Crippen LogP contribution in [0.3, 0.4) is 0 Å². The lowest BCUT2D eigenvalue weighted by atomic mass is 10.0. The van der Waals surface area contributed by atoms with Gasteiger partial charge < -0.3 is 10.2 Å². The quantitative estimate of drug-likeness (QED) is 0.705. The van der Waals surface area contributed by atoms with E-state index in [4.69, 9.17) is 0 Å². The van der Waals surface area contributed by atoms with E-state index in [1.54, 1.807) is 0 Å². The molecule has 0 aliphatic carbocycles. The van der Waals surface area contributed by atoms with E-state index in [-0.39, 0.29) is 0 Å². The van der Waals surface area contributed by atoms with Crippen LogP contribution >= 0.6 is 0 Å². The monoisotopic (exact) mass is 197 g/mol. The molecule has 3 rings (SSSR count). The molecule has 3 nitrogen and oxygen atoms in total. The van der Waals surface area contributed by atoms with Gasteiger partial charge in [-0.15, -0.1) is 0 Å². The molecule has 3 fully saturated rings. The topological polar surface area (TPSA) is 18.5 Å². The summed E-state index contributed by atoms with van der Waals surface area (Å²) in [5, 5.41) is 3.47. The Labute approximate surface area is 87.4 Å². The average molecular weight is 197 g/mol. The van der Waals surface area contributed by atoms with Crippen LogP contribution in [0.1, 0.15) is 19.8 Å². The number of nitrogens with zero attached hydrogens (tertiary/aromatic N) is 2. The highest BCUT2D eigenvalue weighted by atomic mass is 15.3. The van der Waals surface area contributed by atoms with Crippen molar-refractivity contribution < 1.29 is 0 Å². The molecule has 4 unspecified atom stereocenters. The fourth-order valence-electron chi connectivity index (χ4n) is 2.94. The Kier molecular flexibility index (Phi) is 3.42. The molecule has 3 aliphatic heterocycles. The molecule has 0 spiro atoms. The minimum Gasteiger partial charge on any atom is -0.315 e. The first-order valence-electron chi connectivity index (χ1n) is 5.98. The first-order valence-corrected chi connectivity index (χ1v) is 5.98. The summed E-state index contributed by atoms with van der Waals surface area (Å²) in [5.41, 5.74) is 0. The Morgan fingerprint density at radius 2 is 2.14 bits per heavy atom. The molecular formula is C11H23N3. The van der Waals surface area contributed by atoms with Crippen molar-refractivity contribution in [3.8, 4) is 0 Å². The van der Waals surface area contributed by atoms with Crippen molar-refractivity contribution in [3.05, 3.63) is 0 Å². The molecule has 4 atom stereocenters. The van der Waals surface area contributed by atoms with Crippen molar-refractivity contribution in [2.75, 3.05) is 39.8 Å². The van der Waals surface area contributed by atoms with Gasteiger partial charge in [0, 0.05) is 31.7 Å². The van der Waals surface area contributed by atoms with Crippen molar-refractivity contribution in [2.24, 2.45) is 0 Å². The Bertz CT molecular complexity index is 175. The van der Waals surface area contributed by atoms with E-state index in [1.807, 2.05) is 0 Å². The van der Waals surface area contributed by atoms with Gasteiger partial charge in [0.25, 0.3) is 0 Å².